The van der Waals surface area contributed by atoms with Crippen LogP contribution in [0.15, 0.2) is 30.0 Å². The third-order valence-electron chi connectivity index (χ3n) is 4.31. The van der Waals surface area contributed by atoms with Gasteiger partial charge in [-0.1, -0.05) is 12.8 Å². The first-order valence-electron chi connectivity index (χ1n) is 7.71. The summed E-state index contributed by atoms with van der Waals surface area (Å²) >= 11 is 1.62. The van der Waals surface area contributed by atoms with Crippen LogP contribution in [0.3, 0.4) is 0 Å². The number of nitrogens with one attached hydrogen (secondary N) is 1. The lowest BCUT2D eigenvalue weighted by atomic mass is 9.98. The number of nitrogens with zero attached hydrogens (tertiary/aromatic N) is 4. The third kappa shape index (κ3) is 2.50. The highest BCUT2D eigenvalue weighted by Crippen LogP contribution is 2.40. The zero-order chi connectivity index (χ0) is 15.9. The molecule has 0 aliphatic heterocycles. The van der Waals surface area contributed by atoms with Gasteiger partial charge in [0.05, 0.1) is 5.54 Å². The second-order valence-electron chi connectivity index (χ2n) is 5.99. The van der Waals surface area contributed by atoms with Crippen LogP contribution in [0.25, 0.3) is 5.78 Å². The van der Waals surface area contributed by atoms with Gasteiger partial charge in [0.15, 0.2) is 0 Å². The van der Waals surface area contributed by atoms with Gasteiger partial charge in [-0.25, -0.2) is 15.0 Å². The average molecular weight is 327 g/mol. The number of thiazole rings is 1. The Kier molecular flexibility index (Phi) is 3.37. The molecule has 7 heteroatoms. The summed E-state index contributed by atoms with van der Waals surface area (Å²) in [4.78, 5) is 25.8. The van der Waals surface area contributed by atoms with E-state index in [9.17, 15) is 4.79 Å². The lowest BCUT2D eigenvalue weighted by molar-refractivity contribution is 0.0893. The number of amides is 1. The SMILES string of the molecule is Cc1csc(C2(NC(=O)c3cn4cccnc4n3)CCCC2)n1. The summed E-state index contributed by atoms with van der Waals surface area (Å²) in [5.74, 6) is 0.369. The van der Waals surface area contributed by atoms with Gasteiger partial charge < -0.3 is 5.32 Å². The van der Waals surface area contributed by atoms with Crippen molar-refractivity contribution in [2.24, 2.45) is 0 Å². The number of hydrogen-bond acceptors (Lipinski definition) is 5. The predicted octanol–water partition coefficient (Wildman–Crippen LogP) is 2.69. The molecular formula is C16H17N5OS. The number of carbonyl (C=O) groups excluding carboxylic acids is 1. The molecule has 0 saturated heterocycles. The van der Waals surface area contributed by atoms with E-state index in [1.807, 2.05) is 24.6 Å². The summed E-state index contributed by atoms with van der Waals surface area (Å²) in [6.07, 6.45) is 9.28. The lowest BCUT2D eigenvalue weighted by Gasteiger charge is -2.27. The van der Waals surface area contributed by atoms with Crippen molar-refractivity contribution in [3.63, 3.8) is 0 Å². The van der Waals surface area contributed by atoms with Crippen LogP contribution in [0, 0.1) is 6.92 Å². The second-order valence-corrected chi connectivity index (χ2v) is 6.85. The molecule has 6 nitrogen and oxygen atoms in total. The van der Waals surface area contributed by atoms with Gasteiger partial charge in [-0.2, -0.15) is 0 Å². The van der Waals surface area contributed by atoms with Gasteiger partial charge in [-0.05, 0) is 25.8 Å². The molecular weight excluding hydrogens is 310 g/mol. The van der Waals surface area contributed by atoms with Gasteiger partial charge in [-0.15, -0.1) is 11.3 Å². The highest BCUT2D eigenvalue weighted by molar-refractivity contribution is 7.09. The fourth-order valence-electron chi connectivity index (χ4n) is 3.17. The van der Waals surface area contributed by atoms with Crippen LogP contribution in [-0.4, -0.2) is 25.3 Å². The van der Waals surface area contributed by atoms with Crippen molar-refractivity contribution in [3.8, 4) is 0 Å². The fourth-order valence-corrected chi connectivity index (χ4v) is 4.18. The molecule has 3 aromatic heterocycles. The minimum Gasteiger partial charge on any atom is -0.339 e. The second kappa shape index (κ2) is 5.42. The number of rotatable bonds is 3. The maximum Gasteiger partial charge on any atom is 0.272 e. The Morgan fingerprint density at radius 1 is 1.35 bits per heavy atom. The maximum atomic E-state index is 12.7. The molecule has 1 aliphatic rings. The van der Waals surface area contributed by atoms with Crippen LogP contribution >= 0.6 is 11.3 Å². The van der Waals surface area contributed by atoms with E-state index in [1.165, 1.54) is 0 Å². The molecule has 0 bridgehead atoms. The molecule has 1 amide bonds. The summed E-state index contributed by atoms with van der Waals surface area (Å²) < 4.78 is 1.75. The number of hydrogen-bond donors (Lipinski definition) is 1. The summed E-state index contributed by atoms with van der Waals surface area (Å²) in [6.45, 7) is 1.98. The van der Waals surface area contributed by atoms with Crippen LogP contribution in [0.5, 0.6) is 0 Å². The minimum atomic E-state index is -0.348. The smallest absolute Gasteiger partial charge is 0.272 e. The summed E-state index contributed by atoms with van der Waals surface area (Å²) in [5, 5.41) is 6.25. The molecule has 1 N–H and O–H groups in total. The van der Waals surface area contributed by atoms with E-state index in [0.717, 1.165) is 36.4 Å². The Labute approximate surface area is 137 Å². The number of aryl methyl sites for hydroxylation is 1. The van der Waals surface area contributed by atoms with Crippen molar-refractivity contribution < 1.29 is 4.79 Å². The van der Waals surface area contributed by atoms with E-state index < -0.39 is 0 Å². The van der Waals surface area contributed by atoms with Crippen LogP contribution in [0.2, 0.25) is 0 Å². The Hall–Kier alpha value is -2.28. The van der Waals surface area contributed by atoms with E-state index in [1.54, 1.807) is 28.1 Å². The van der Waals surface area contributed by atoms with Crippen molar-refractivity contribution >= 4 is 23.0 Å². The molecule has 0 spiro atoms. The molecule has 3 aromatic rings. The molecule has 1 saturated carbocycles. The largest absolute Gasteiger partial charge is 0.339 e. The first-order chi connectivity index (χ1) is 11.2. The van der Waals surface area contributed by atoms with Crippen molar-refractivity contribution in [1.29, 1.82) is 0 Å². The molecule has 1 fully saturated rings. The van der Waals surface area contributed by atoms with E-state index >= 15 is 0 Å². The number of imidazole rings is 1. The van der Waals surface area contributed by atoms with Crippen LogP contribution in [-0.2, 0) is 5.54 Å². The molecule has 0 radical (unpaired) electrons. The monoisotopic (exact) mass is 327 g/mol. The number of fused-ring (bicyclic) bond motifs is 1. The summed E-state index contributed by atoms with van der Waals surface area (Å²) in [5.41, 5.74) is 1.05. The van der Waals surface area contributed by atoms with Gasteiger partial charge in [-0.3, -0.25) is 9.20 Å². The molecule has 0 aromatic carbocycles. The normalized spacial score (nSPS) is 16.7. The summed E-state index contributed by atoms with van der Waals surface area (Å²) in [6, 6.07) is 1.81. The first kappa shape index (κ1) is 14.3. The van der Waals surface area contributed by atoms with Gasteiger partial charge >= 0.3 is 0 Å². The molecule has 0 atom stereocenters. The van der Waals surface area contributed by atoms with Gasteiger partial charge in [0.2, 0.25) is 5.78 Å². The Morgan fingerprint density at radius 2 is 2.17 bits per heavy atom. The Balaban J connectivity index is 1.65. The Morgan fingerprint density at radius 3 is 2.87 bits per heavy atom. The first-order valence-corrected chi connectivity index (χ1v) is 8.59. The highest BCUT2D eigenvalue weighted by atomic mass is 32.1. The molecule has 3 heterocycles. The van der Waals surface area contributed by atoms with Gasteiger partial charge in [0, 0.05) is 29.7 Å². The minimum absolute atomic E-state index is 0.162. The van der Waals surface area contributed by atoms with Crippen molar-refractivity contribution in [1.82, 2.24) is 24.7 Å². The quantitative estimate of drug-likeness (QED) is 0.803. The van der Waals surface area contributed by atoms with Crippen LogP contribution < -0.4 is 5.32 Å². The third-order valence-corrected chi connectivity index (χ3v) is 5.47. The van der Waals surface area contributed by atoms with E-state index in [0.29, 0.717) is 11.5 Å². The lowest BCUT2D eigenvalue weighted by Crippen LogP contribution is -2.44. The topological polar surface area (TPSA) is 72.2 Å². The van der Waals surface area contributed by atoms with E-state index in [-0.39, 0.29) is 11.4 Å². The molecule has 23 heavy (non-hydrogen) atoms. The number of carbonyl (C=O) groups is 1. The van der Waals surface area contributed by atoms with Crippen molar-refractivity contribution in [3.05, 3.63) is 46.4 Å². The van der Waals surface area contributed by atoms with Gasteiger partial charge in [0.1, 0.15) is 10.7 Å². The van der Waals surface area contributed by atoms with Crippen molar-refractivity contribution in [2.75, 3.05) is 0 Å². The predicted molar refractivity (Wildman–Crippen MR) is 87.5 cm³/mol. The number of aromatic nitrogens is 4. The average Bonchev–Trinajstić information content (AvgIpc) is 3.25. The fraction of sp³-hybridized carbons (Fsp3) is 0.375. The Bertz CT molecular complexity index is 829. The summed E-state index contributed by atoms with van der Waals surface area (Å²) in [7, 11) is 0. The van der Waals surface area contributed by atoms with Crippen LogP contribution in [0.4, 0.5) is 0 Å². The zero-order valence-electron chi connectivity index (χ0n) is 12.8. The van der Waals surface area contributed by atoms with Crippen LogP contribution in [0.1, 0.15) is 46.9 Å². The van der Waals surface area contributed by atoms with E-state index in [2.05, 4.69) is 20.3 Å². The molecule has 4 rings (SSSR count). The van der Waals surface area contributed by atoms with Gasteiger partial charge in [0.25, 0.3) is 5.91 Å². The molecule has 118 valence electrons. The van der Waals surface area contributed by atoms with E-state index in [4.69, 9.17) is 0 Å². The molecule has 0 unspecified atom stereocenters. The highest BCUT2D eigenvalue weighted by Gasteiger charge is 2.40. The molecule has 1 aliphatic carbocycles. The maximum absolute atomic E-state index is 12.7. The zero-order valence-corrected chi connectivity index (χ0v) is 13.6. The standard InChI is InChI=1S/C16H17N5OS/c1-11-10-23-14(18-11)16(5-2-3-6-16)20-13(22)12-9-21-8-4-7-17-15(21)19-12/h4,7-10H,2-3,5-6H2,1H3,(H,20,22). The van der Waals surface area contributed by atoms with Crippen molar-refractivity contribution in [2.45, 2.75) is 38.1 Å².